The second kappa shape index (κ2) is 13.3. The van der Waals surface area contributed by atoms with E-state index in [1.807, 2.05) is 20.8 Å². The lowest BCUT2D eigenvalue weighted by Gasteiger charge is -2.23. The zero-order chi connectivity index (χ0) is 31.4. The van der Waals surface area contributed by atoms with E-state index in [-0.39, 0.29) is 37.1 Å². The van der Waals surface area contributed by atoms with Crippen LogP contribution in [0.25, 0.3) is 22.1 Å². The Morgan fingerprint density at radius 3 is 2.56 bits per heavy atom. The number of methoxy groups -OCH3 is 1. The predicted molar refractivity (Wildman–Crippen MR) is 157 cm³/mol. The number of carbonyl (C=O) groups excluding carboxylic acids is 1. The first-order chi connectivity index (χ1) is 20.3. The van der Waals surface area contributed by atoms with Gasteiger partial charge in [0.15, 0.2) is 0 Å². The summed E-state index contributed by atoms with van der Waals surface area (Å²) in [4.78, 5) is 16.5. The normalized spacial score (nSPS) is 12.8. The fourth-order valence-electron chi connectivity index (χ4n) is 4.28. The SMILES string of the molecule is CCOC(=O)Cc1ccc(OC)cc1OCc1cc(-c2ccnc(CN[S@@+]([O-])C(C)(C)C)c2)c2occ(C(F)(F)F)c2c1. The van der Waals surface area contributed by atoms with E-state index in [2.05, 4.69) is 9.71 Å². The summed E-state index contributed by atoms with van der Waals surface area (Å²) in [5.41, 5.74) is 1.64. The number of halogens is 3. The first kappa shape index (κ1) is 32.2. The van der Waals surface area contributed by atoms with Gasteiger partial charge in [0.2, 0.25) is 0 Å². The highest BCUT2D eigenvalue weighted by molar-refractivity contribution is 7.90. The number of nitrogens with zero attached hydrogens (tertiary/aromatic N) is 1. The number of nitrogens with one attached hydrogen (secondary N) is 1. The third-order valence-electron chi connectivity index (χ3n) is 6.42. The Morgan fingerprint density at radius 2 is 1.88 bits per heavy atom. The molecule has 0 saturated heterocycles. The number of hydrogen-bond donors (Lipinski definition) is 1. The van der Waals surface area contributed by atoms with Crippen molar-refractivity contribution in [3.05, 3.63) is 77.3 Å². The van der Waals surface area contributed by atoms with Crippen molar-refractivity contribution < 1.29 is 41.1 Å². The van der Waals surface area contributed by atoms with Crippen LogP contribution in [-0.2, 0) is 46.6 Å². The standard InChI is InChI=1S/C31H33F3N2O6S/c1-6-40-28(37)14-21-7-8-23(39-5)15-27(21)41-17-19-11-24(29-25(12-19)26(18-42-29)31(32,33)34)20-9-10-35-22(13-20)16-36-43(38)30(2,3)4/h7-13,15,18,36H,6,14,16-17H2,1-5H3/t43-/m0/s1. The van der Waals surface area contributed by atoms with E-state index in [4.69, 9.17) is 18.6 Å². The third kappa shape index (κ3) is 8.01. The quantitative estimate of drug-likeness (QED) is 0.145. The highest BCUT2D eigenvalue weighted by atomic mass is 32.2. The van der Waals surface area contributed by atoms with Gasteiger partial charge in [-0.3, -0.25) is 9.78 Å². The lowest BCUT2D eigenvalue weighted by atomic mass is 9.99. The molecule has 0 aliphatic heterocycles. The number of esters is 1. The molecule has 0 bridgehead atoms. The van der Waals surface area contributed by atoms with Gasteiger partial charge in [0, 0.05) is 40.1 Å². The molecule has 0 saturated carbocycles. The summed E-state index contributed by atoms with van der Waals surface area (Å²) in [6, 6.07) is 11.4. The minimum absolute atomic E-state index is 0.0504. The Kier molecular flexibility index (Phi) is 9.93. The number of carbonyl (C=O) groups is 1. The Bertz CT molecular complexity index is 1580. The van der Waals surface area contributed by atoms with Gasteiger partial charge in [-0.1, -0.05) is 6.07 Å². The van der Waals surface area contributed by atoms with Crippen LogP contribution in [0.1, 0.15) is 50.1 Å². The minimum Gasteiger partial charge on any atom is -0.598 e. The van der Waals surface area contributed by atoms with E-state index in [9.17, 15) is 22.5 Å². The molecule has 4 aromatic rings. The smallest absolute Gasteiger partial charge is 0.420 e. The van der Waals surface area contributed by atoms with Gasteiger partial charge in [0.1, 0.15) is 40.3 Å². The fraction of sp³-hybridized carbons (Fsp3) is 0.355. The molecule has 0 fully saturated rings. The molecule has 8 nitrogen and oxygen atoms in total. The van der Waals surface area contributed by atoms with Crippen molar-refractivity contribution in [3.63, 3.8) is 0 Å². The number of benzene rings is 2. The average Bonchev–Trinajstić information content (AvgIpc) is 3.39. The number of alkyl halides is 3. The van der Waals surface area contributed by atoms with E-state index < -0.39 is 33.8 Å². The summed E-state index contributed by atoms with van der Waals surface area (Å²) in [5.74, 6) is 0.378. The molecule has 2 aromatic carbocycles. The molecule has 0 aliphatic rings. The topological polar surface area (TPSA) is 106 Å². The largest absolute Gasteiger partial charge is 0.598 e. The maximum atomic E-state index is 13.9. The van der Waals surface area contributed by atoms with Gasteiger partial charge in [0.25, 0.3) is 0 Å². The van der Waals surface area contributed by atoms with Gasteiger partial charge in [0.05, 0.1) is 32.4 Å². The lowest BCUT2D eigenvalue weighted by Crippen LogP contribution is -2.39. The molecule has 2 heterocycles. The summed E-state index contributed by atoms with van der Waals surface area (Å²) in [6.07, 6.45) is -2.46. The molecule has 12 heteroatoms. The maximum Gasteiger partial charge on any atom is 0.420 e. The summed E-state index contributed by atoms with van der Waals surface area (Å²) in [5, 5.41) is -0.119. The Morgan fingerprint density at radius 1 is 1.12 bits per heavy atom. The highest BCUT2D eigenvalue weighted by Gasteiger charge is 2.35. The van der Waals surface area contributed by atoms with Crippen LogP contribution >= 0.6 is 0 Å². The molecular weight excluding hydrogens is 585 g/mol. The van der Waals surface area contributed by atoms with Gasteiger partial charge < -0.3 is 23.2 Å². The fourth-order valence-corrected chi connectivity index (χ4v) is 5.00. The van der Waals surface area contributed by atoms with Gasteiger partial charge >= 0.3 is 12.1 Å². The molecule has 43 heavy (non-hydrogen) atoms. The van der Waals surface area contributed by atoms with Gasteiger partial charge in [-0.2, -0.15) is 13.2 Å². The van der Waals surface area contributed by atoms with Gasteiger partial charge in [-0.15, -0.1) is 4.72 Å². The summed E-state index contributed by atoms with van der Waals surface area (Å²) < 4.78 is 78.6. The number of fused-ring (bicyclic) bond motifs is 1. The minimum atomic E-state index is -4.65. The van der Waals surface area contributed by atoms with E-state index in [0.29, 0.717) is 45.7 Å². The van der Waals surface area contributed by atoms with E-state index in [0.717, 1.165) is 0 Å². The molecule has 0 amide bonds. The van der Waals surface area contributed by atoms with Crippen LogP contribution in [-0.4, -0.2) is 34.0 Å². The number of rotatable bonds is 11. The highest BCUT2D eigenvalue weighted by Crippen LogP contribution is 2.41. The predicted octanol–water partition coefficient (Wildman–Crippen LogP) is 6.76. The van der Waals surface area contributed by atoms with Crippen LogP contribution in [0.2, 0.25) is 0 Å². The van der Waals surface area contributed by atoms with E-state index in [1.54, 1.807) is 43.3 Å². The second-order valence-electron chi connectivity index (χ2n) is 10.6. The number of furan rings is 1. The molecule has 2 aromatic heterocycles. The first-order valence-electron chi connectivity index (χ1n) is 13.5. The van der Waals surface area contributed by atoms with Crippen LogP contribution < -0.4 is 14.2 Å². The molecule has 0 aliphatic carbocycles. The van der Waals surface area contributed by atoms with Crippen molar-refractivity contribution in [1.29, 1.82) is 0 Å². The van der Waals surface area contributed by atoms with Crippen LogP contribution in [0, 0.1) is 0 Å². The summed E-state index contributed by atoms with van der Waals surface area (Å²) in [6.45, 7) is 7.52. The third-order valence-corrected chi connectivity index (χ3v) is 7.93. The molecule has 4 rings (SSSR count). The Balaban J connectivity index is 1.71. The molecule has 0 spiro atoms. The number of aromatic nitrogens is 1. The number of hydrogen-bond acceptors (Lipinski definition) is 8. The summed E-state index contributed by atoms with van der Waals surface area (Å²) >= 11 is -1.34. The van der Waals surface area contributed by atoms with Crippen molar-refractivity contribution in [1.82, 2.24) is 9.71 Å². The lowest BCUT2D eigenvalue weighted by molar-refractivity contribution is -0.142. The monoisotopic (exact) mass is 618 g/mol. The Labute approximate surface area is 250 Å². The molecule has 1 N–H and O–H groups in total. The zero-order valence-corrected chi connectivity index (χ0v) is 25.3. The van der Waals surface area contributed by atoms with Crippen LogP contribution in [0.15, 0.2) is 59.3 Å². The van der Waals surface area contributed by atoms with Crippen molar-refractivity contribution in [2.24, 2.45) is 0 Å². The van der Waals surface area contributed by atoms with Crippen LogP contribution in [0.4, 0.5) is 13.2 Å². The average molecular weight is 619 g/mol. The van der Waals surface area contributed by atoms with Crippen molar-refractivity contribution >= 4 is 28.3 Å². The number of ether oxygens (including phenoxy) is 3. The second-order valence-corrected chi connectivity index (χ2v) is 12.7. The molecule has 0 radical (unpaired) electrons. The molecule has 230 valence electrons. The van der Waals surface area contributed by atoms with Crippen molar-refractivity contribution in [2.45, 2.75) is 58.2 Å². The zero-order valence-electron chi connectivity index (χ0n) is 24.5. The van der Waals surface area contributed by atoms with Crippen molar-refractivity contribution in [2.75, 3.05) is 13.7 Å². The van der Waals surface area contributed by atoms with Gasteiger partial charge in [-0.25, -0.2) is 0 Å². The first-order valence-corrected chi connectivity index (χ1v) is 14.6. The van der Waals surface area contributed by atoms with Crippen LogP contribution in [0.3, 0.4) is 0 Å². The van der Waals surface area contributed by atoms with E-state index in [1.165, 1.54) is 19.4 Å². The van der Waals surface area contributed by atoms with Crippen molar-refractivity contribution in [3.8, 4) is 22.6 Å². The molecule has 0 unspecified atom stereocenters. The molecular formula is C31H33F3N2O6S. The van der Waals surface area contributed by atoms with Gasteiger partial charge in [-0.05, 0) is 69.2 Å². The maximum absolute atomic E-state index is 13.9. The van der Waals surface area contributed by atoms with E-state index >= 15 is 0 Å². The number of pyridine rings is 1. The van der Waals surface area contributed by atoms with Crippen LogP contribution in [0.5, 0.6) is 11.5 Å². The molecule has 1 atom stereocenters. The summed E-state index contributed by atoms with van der Waals surface area (Å²) in [7, 11) is 1.49. The Hall–Kier alpha value is -3.74.